The second-order valence-electron chi connectivity index (χ2n) is 5.49. The number of ether oxygens (including phenoxy) is 2. The monoisotopic (exact) mass is 331 g/mol. The van der Waals surface area contributed by atoms with Crippen LogP contribution in [0.2, 0.25) is 0 Å². The Hall–Kier alpha value is -2.50. The summed E-state index contributed by atoms with van der Waals surface area (Å²) in [5, 5.41) is 7.42. The highest BCUT2D eigenvalue weighted by molar-refractivity contribution is 5.49. The number of rotatable bonds is 8. The van der Waals surface area contributed by atoms with Crippen molar-refractivity contribution in [1.29, 1.82) is 0 Å². The number of anilines is 1. The van der Waals surface area contributed by atoms with Gasteiger partial charge in [-0.25, -0.2) is 4.68 Å². The molecule has 0 unspecified atom stereocenters. The van der Waals surface area contributed by atoms with Crippen molar-refractivity contribution in [2.24, 2.45) is 0 Å². The molecule has 2 aromatic rings. The van der Waals surface area contributed by atoms with E-state index in [0.29, 0.717) is 25.3 Å². The fourth-order valence-corrected chi connectivity index (χ4v) is 2.34. The van der Waals surface area contributed by atoms with Crippen molar-refractivity contribution in [1.82, 2.24) is 9.78 Å². The van der Waals surface area contributed by atoms with E-state index < -0.39 is 0 Å². The van der Waals surface area contributed by atoms with E-state index in [-0.39, 0.29) is 5.56 Å². The van der Waals surface area contributed by atoms with E-state index in [1.165, 1.54) is 4.68 Å². The molecule has 0 atom stereocenters. The molecule has 1 N–H and O–H groups in total. The maximum atomic E-state index is 12.1. The highest BCUT2D eigenvalue weighted by atomic mass is 16.5. The van der Waals surface area contributed by atoms with Crippen molar-refractivity contribution in [3.8, 4) is 11.5 Å². The van der Waals surface area contributed by atoms with Crippen molar-refractivity contribution >= 4 is 5.69 Å². The third-order valence-corrected chi connectivity index (χ3v) is 3.76. The van der Waals surface area contributed by atoms with Crippen LogP contribution in [0.3, 0.4) is 0 Å². The van der Waals surface area contributed by atoms with Crippen LogP contribution in [-0.2, 0) is 13.1 Å². The van der Waals surface area contributed by atoms with Crippen LogP contribution in [0.4, 0.5) is 5.69 Å². The normalized spacial score (nSPS) is 10.5. The van der Waals surface area contributed by atoms with E-state index >= 15 is 0 Å². The minimum atomic E-state index is -0.0656. The molecule has 0 saturated heterocycles. The minimum Gasteiger partial charge on any atom is -0.493 e. The van der Waals surface area contributed by atoms with Crippen LogP contribution in [-0.4, -0.2) is 23.5 Å². The molecule has 0 saturated carbocycles. The summed E-state index contributed by atoms with van der Waals surface area (Å²) < 4.78 is 12.5. The van der Waals surface area contributed by atoms with Crippen LogP contribution in [0.15, 0.2) is 29.2 Å². The second-order valence-corrected chi connectivity index (χ2v) is 5.49. The van der Waals surface area contributed by atoms with Crippen molar-refractivity contribution in [3.05, 3.63) is 45.9 Å². The highest BCUT2D eigenvalue weighted by Crippen LogP contribution is 2.28. The van der Waals surface area contributed by atoms with E-state index in [2.05, 4.69) is 17.3 Å². The standard InChI is InChI=1S/C18H25N3O3/c1-5-9-24-17-10-14(7-8-16(17)23-4)11-19-15-12-20-21(6-2)18(22)13(15)3/h7-8,10,12,19H,5-6,9,11H2,1-4H3. The molecular weight excluding hydrogens is 306 g/mol. The van der Waals surface area contributed by atoms with Crippen molar-refractivity contribution in [2.75, 3.05) is 19.0 Å². The quantitative estimate of drug-likeness (QED) is 0.805. The van der Waals surface area contributed by atoms with Crippen molar-refractivity contribution in [3.63, 3.8) is 0 Å². The van der Waals surface area contributed by atoms with Crippen molar-refractivity contribution in [2.45, 2.75) is 40.3 Å². The van der Waals surface area contributed by atoms with Gasteiger partial charge in [0.25, 0.3) is 5.56 Å². The first-order chi connectivity index (χ1) is 11.6. The van der Waals surface area contributed by atoms with Gasteiger partial charge in [0.1, 0.15) is 0 Å². The summed E-state index contributed by atoms with van der Waals surface area (Å²) in [6, 6.07) is 5.82. The number of hydrogen-bond acceptors (Lipinski definition) is 5. The van der Waals surface area contributed by atoms with Gasteiger partial charge in [-0.3, -0.25) is 4.79 Å². The summed E-state index contributed by atoms with van der Waals surface area (Å²) in [5.41, 5.74) is 2.39. The first kappa shape index (κ1) is 17.8. The molecule has 0 aliphatic heterocycles. The predicted molar refractivity (Wildman–Crippen MR) is 95.0 cm³/mol. The Morgan fingerprint density at radius 3 is 2.71 bits per heavy atom. The van der Waals surface area contributed by atoms with Crippen LogP contribution in [0.25, 0.3) is 0 Å². The summed E-state index contributed by atoms with van der Waals surface area (Å²) in [4.78, 5) is 12.1. The lowest BCUT2D eigenvalue weighted by atomic mass is 10.2. The molecule has 130 valence electrons. The smallest absolute Gasteiger partial charge is 0.271 e. The molecule has 1 heterocycles. The van der Waals surface area contributed by atoms with Gasteiger partial charge in [-0.2, -0.15) is 5.10 Å². The summed E-state index contributed by atoms with van der Waals surface area (Å²) in [6.07, 6.45) is 2.63. The first-order valence-corrected chi connectivity index (χ1v) is 8.21. The Morgan fingerprint density at radius 2 is 2.04 bits per heavy atom. The molecular formula is C18H25N3O3. The molecule has 0 amide bonds. The van der Waals surface area contributed by atoms with Gasteiger partial charge >= 0.3 is 0 Å². The maximum absolute atomic E-state index is 12.1. The first-order valence-electron chi connectivity index (χ1n) is 8.21. The highest BCUT2D eigenvalue weighted by Gasteiger charge is 2.08. The number of methoxy groups -OCH3 is 1. The molecule has 6 heteroatoms. The Balaban J connectivity index is 2.14. The SMILES string of the molecule is CCCOc1cc(CNc2cnn(CC)c(=O)c2C)ccc1OC. The Kier molecular flexibility index (Phi) is 6.23. The molecule has 1 aromatic carbocycles. The van der Waals surface area contributed by atoms with E-state index in [1.54, 1.807) is 13.3 Å². The van der Waals surface area contributed by atoms with Crippen LogP contribution in [0.5, 0.6) is 11.5 Å². The lowest BCUT2D eigenvalue weighted by Crippen LogP contribution is -2.25. The second kappa shape index (κ2) is 8.38. The van der Waals surface area contributed by atoms with Gasteiger partial charge in [-0.1, -0.05) is 13.0 Å². The molecule has 0 fully saturated rings. The molecule has 0 aliphatic rings. The predicted octanol–water partition coefficient (Wildman–Crippen LogP) is 2.98. The fourth-order valence-electron chi connectivity index (χ4n) is 2.34. The number of hydrogen-bond donors (Lipinski definition) is 1. The number of nitrogens with one attached hydrogen (secondary N) is 1. The average molecular weight is 331 g/mol. The van der Waals surface area contributed by atoms with Crippen LogP contribution in [0.1, 0.15) is 31.4 Å². The molecule has 6 nitrogen and oxygen atoms in total. The number of nitrogens with zero attached hydrogens (tertiary/aromatic N) is 2. The molecule has 24 heavy (non-hydrogen) atoms. The van der Waals surface area contributed by atoms with E-state index in [0.717, 1.165) is 29.2 Å². The molecule has 0 bridgehead atoms. The zero-order valence-corrected chi connectivity index (χ0v) is 14.8. The molecule has 2 rings (SSSR count). The van der Waals surface area contributed by atoms with Gasteiger partial charge in [-0.05, 0) is 38.0 Å². The van der Waals surface area contributed by atoms with Crippen LogP contribution < -0.4 is 20.3 Å². The molecule has 0 spiro atoms. The van der Waals surface area contributed by atoms with E-state index in [1.807, 2.05) is 32.0 Å². The Morgan fingerprint density at radius 1 is 1.25 bits per heavy atom. The van der Waals surface area contributed by atoms with Gasteiger partial charge < -0.3 is 14.8 Å². The third kappa shape index (κ3) is 4.07. The topological polar surface area (TPSA) is 65.4 Å². The zero-order valence-electron chi connectivity index (χ0n) is 14.8. The Labute approximate surface area is 142 Å². The van der Waals surface area contributed by atoms with Crippen molar-refractivity contribution < 1.29 is 9.47 Å². The molecule has 0 radical (unpaired) electrons. The number of benzene rings is 1. The number of aryl methyl sites for hydroxylation is 1. The summed E-state index contributed by atoms with van der Waals surface area (Å²) in [7, 11) is 1.63. The van der Waals surface area contributed by atoms with Crippen LogP contribution >= 0.6 is 0 Å². The molecule has 0 aliphatic carbocycles. The average Bonchev–Trinajstić information content (AvgIpc) is 2.61. The van der Waals surface area contributed by atoms with Gasteiger partial charge in [0, 0.05) is 18.7 Å². The maximum Gasteiger partial charge on any atom is 0.271 e. The Bertz CT molecular complexity index is 741. The fraction of sp³-hybridized carbons (Fsp3) is 0.444. The van der Waals surface area contributed by atoms with Gasteiger partial charge in [0.05, 0.1) is 25.6 Å². The molecule has 1 aromatic heterocycles. The summed E-state index contributed by atoms with van der Waals surface area (Å²) in [5.74, 6) is 1.45. The largest absolute Gasteiger partial charge is 0.493 e. The van der Waals surface area contributed by atoms with Crippen LogP contribution in [0, 0.1) is 6.92 Å². The van der Waals surface area contributed by atoms with Gasteiger partial charge in [0.2, 0.25) is 0 Å². The van der Waals surface area contributed by atoms with Gasteiger partial charge in [-0.15, -0.1) is 0 Å². The lowest BCUT2D eigenvalue weighted by molar-refractivity contribution is 0.294. The summed E-state index contributed by atoms with van der Waals surface area (Å²) >= 11 is 0. The van der Waals surface area contributed by atoms with E-state index in [9.17, 15) is 4.79 Å². The van der Waals surface area contributed by atoms with Gasteiger partial charge in [0.15, 0.2) is 11.5 Å². The van der Waals surface area contributed by atoms with E-state index in [4.69, 9.17) is 9.47 Å². The minimum absolute atomic E-state index is 0.0656. The lowest BCUT2D eigenvalue weighted by Gasteiger charge is -2.13. The third-order valence-electron chi connectivity index (χ3n) is 3.76. The zero-order chi connectivity index (χ0) is 17.5. The number of aromatic nitrogens is 2. The summed E-state index contributed by atoms with van der Waals surface area (Å²) in [6.45, 7) is 7.55.